The van der Waals surface area contributed by atoms with Crippen LogP contribution in [0.2, 0.25) is 0 Å². The van der Waals surface area contributed by atoms with Gasteiger partial charge in [0.1, 0.15) is 5.75 Å². The first-order valence-electron chi connectivity index (χ1n) is 9.15. The first-order valence-corrected chi connectivity index (χ1v) is 9.97. The minimum atomic E-state index is 0.0664. The summed E-state index contributed by atoms with van der Waals surface area (Å²) in [6.07, 6.45) is 4.19. The molecule has 5 heteroatoms. The van der Waals surface area contributed by atoms with Crippen molar-refractivity contribution in [3.8, 4) is 5.75 Å². The Morgan fingerprint density at radius 3 is 2.92 bits per heavy atom. The van der Waals surface area contributed by atoms with Gasteiger partial charge in [-0.15, -0.1) is 11.3 Å². The second-order valence-electron chi connectivity index (χ2n) is 6.58. The number of para-hydroxylation sites is 2. The normalized spacial score (nSPS) is 16.1. The van der Waals surface area contributed by atoms with Crippen LogP contribution < -0.4 is 10.1 Å². The molecule has 0 bridgehead atoms. The quantitative estimate of drug-likeness (QED) is 0.646. The van der Waals surface area contributed by atoms with Gasteiger partial charge in [-0.05, 0) is 37.5 Å². The highest BCUT2D eigenvalue weighted by Crippen LogP contribution is 2.31. The molecule has 0 spiro atoms. The van der Waals surface area contributed by atoms with Gasteiger partial charge in [-0.3, -0.25) is 4.79 Å². The van der Waals surface area contributed by atoms with Crippen LogP contribution in [0.5, 0.6) is 5.75 Å². The molecule has 2 aromatic carbocycles. The number of aromatic nitrogens is 1. The number of rotatable bonds is 6. The lowest BCUT2D eigenvalue weighted by atomic mass is 10.0. The van der Waals surface area contributed by atoms with Gasteiger partial charge in [-0.25, -0.2) is 4.98 Å². The van der Waals surface area contributed by atoms with E-state index >= 15 is 0 Å². The molecule has 0 radical (unpaired) electrons. The number of hydrogen-bond donors (Lipinski definition) is 1. The van der Waals surface area contributed by atoms with Crippen molar-refractivity contribution >= 4 is 27.5 Å². The third-order valence-corrected chi connectivity index (χ3v) is 5.77. The molecule has 1 aliphatic heterocycles. The number of aryl methyl sites for hydroxylation is 1. The Kier molecular flexibility index (Phi) is 5.16. The van der Waals surface area contributed by atoms with E-state index in [0.29, 0.717) is 13.0 Å². The maximum Gasteiger partial charge on any atom is 0.220 e. The van der Waals surface area contributed by atoms with E-state index in [-0.39, 0.29) is 11.9 Å². The second-order valence-corrected chi connectivity index (χ2v) is 7.69. The fourth-order valence-electron chi connectivity index (χ4n) is 3.35. The average molecular weight is 366 g/mol. The molecule has 2 heterocycles. The van der Waals surface area contributed by atoms with Crippen LogP contribution in [0.15, 0.2) is 48.5 Å². The summed E-state index contributed by atoms with van der Waals surface area (Å²) in [6, 6.07) is 16.2. The van der Waals surface area contributed by atoms with Gasteiger partial charge in [0.05, 0.1) is 27.9 Å². The minimum absolute atomic E-state index is 0.0664. The van der Waals surface area contributed by atoms with Crippen LogP contribution in [0.3, 0.4) is 0 Å². The molecule has 1 aromatic heterocycles. The maximum atomic E-state index is 12.3. The minimum Gasteiger partial charge on any atom is -0.493 e. The molecule has 1 aliphatic rings. The number of benzene rings is 2. The van der Waals surface area contributed by atoms with Crippen molar-refractivity contribution in [2.45, 2.75) is 38.1 Å². The highest BCUT2D eigenvalue weighted by Gasteiger charge is 2.22. The zero-order valence-electron chi connectivity index (χ0n) is 14.6. The fraction of sp³-hybridized carbons (Fsp3) is 0.333. The van der Waals surface area contributed by atoms with Crippen molar-refractivity contribution in [1.29, 1.82) is 0 Å². The maximum absolute atomic E-state index is 12.3. The number of fused-ring (bicyclic) bond motifs is 2. The summed E-state index contributed by atoms with van der Waals surface area (Å²) in [4.78, 5) is 17.0. The van der Waals surface area contributed by atoms with Crippen LogP contribution in [-0.4, -0.2) is 17.5 Å². The number of thiazole rings is 1. The van der Waals surface area contributed by atoms with Crippen LogP contribution in [0, 0.1) is 0 Å². The molecular weight excluding hydrogens is 344 g/mol. The van der Waals surface area contributed by atoms with Gasteiger partial charge >= 0.3 is 0 Å². The molecule has 0 fully saturated rings. The van der Waals surface area contributed by atoms with E-state index in [1.54, 1.807) is 11.3 Å². The molecule has 1 atom stereocenters. The predicted octanol–water partition coefficient (Wildman–Crippen LogP) is 4.65. The first-order chi connectivity index (χ1) is 12.8. The molecule has 3 aromatic rings. The standard InChI is InChI=1S/C21H22N2O2S/c24-20(22-16-13-14-25-18-9-3-1-7-15(16)18)11-5-6-12-21-23-17-8-2-4-10-19(17)26-21/h1-4,7-10,16H,5-6,11-14H2,(H,22,24)/t16-/m1/s1. The average Bonchev–Trinajstić information content (AvgIpc) is 3.08. The van der Waals surface area contributed by atoms with E-state index in [0.717, 1.165) is 47.5 Å². The van der Waals surface area contributed by atoms with Crippen molar-refractivity contribution in [2.75, 3.05) is 6.61 Å². The van der Waals surface area contributed by atoms with E-state index in [9.17, 15) is 4.79 Å². The lowest BCUT2D eigenvalue weighted by molar-refractivity contribution is -0.122. The summed E-state index contributed by atoms with van der Waals surface area (Å²) in [5.74, 6) is 1.01. The molecular formula is C21H22N2O2S. The Balaban J connectivity index is 1.24. The molecule has 4 rings (SSSR count). The van der Waals surface area contributed by atoms with Gasteiger partial charge in [0.15, 0.2) is 0 Å². The Morgan fingerprint density at radius 1 is 1.15 bits per heavy atom. The van der Waals surface area contributed by atoms with Crippen LogP contribution >= 0.6 is 11.3 Å². The molecule has 0 saturated carbocycles. The molecule has 134 valence electrons. The van der Waals surface area contributed by atoms with E-state index in [1.165, 1.54) is 4.70 Å². The highest BCUT2D eigenvalue weighted by molar-refractivity contribution is 7.18. The Bertz CT molecular complexity index is 873. The zero-order valence-corrected chi connectivity index (χ0v) is 15.4. The lowest BCUT2D eigenvalue weighted by Crippen LogP contribution is -2.31. The molecule has 0 saturated heterocycles. The summed E-state index contributed by atoms with van der Waals surface area (Å²) in [7, 11) is 0. The Labute approximate surface area is 157 Å². The van der Waals surface area contributed by atoms with Crippen LogP contribution in [0.25, 0.3) is 10.2 Å². The van der Waals surface area contributed by atoms with Crippen molar-refractivity contribution < 1.29 is 9.53 Å². The zero-order chi connectivity index (χ0) is 17.8. The molecule has 0 unspecified atom stereocenters. The number of nitrogens with zero attached hydrogens (tertiary/aromatic N) is 1. The molecule has 4 nitrogen and oxygen atoms in total. The monoisotopic (exact) mass is 366 g/mol. The van der Waals surface area contributed by atoms with Crippen LogP contribution in [0.4, 0.5) is 0 Å². The smallest absolute Gasteiger partial charge is 0.220 e. The molecule has 26 heavy (non-hydrogen) atoms. The largest absolute Gasteiger partial charge is 0.493 e. The SMILES string of the molecule is O=C(CCCCc1nc2ccccc2s1)N[C@@H]1CCOc2ccccc21. The number of carbonyl (C=O) groups is 1. The van der Waals surface area contributed by atoms with E-state index in [1.807, 2.05) is 36.4 Å². The summed E-state index contributed by atoms with van der Waals surface area (Å²) in [6.45, 7) is 0.652. The van der Waals surface area contributed by atoms with Crippen molar-refractivity contribution in [3.05, 3.63) is 59.1 Å². The van der Waals surface area contributed by atoms with Gasteiger partial charge in [-0.2, -0.15) is 0 Å². The lowest BCUT2D eigenvalue weighted by Gasteiger charge is -2.26. The first kappa shape index (κ1) is 17.0. The Morgan fingerprint density at radius 2 is 2.00 bits per heavy atom. The van der Waals surface area contributed by atoms with Crippen molar-refractivity contribution in [2.24, 2.45) is 0 Å². The van der Waals surface area contributed by atoms with E-state index < -0.39 is 0 Å². The number of ether oxygens (including phenoxy) is 1. The van der Waals surface area contributed by atoms with Crippen LogP contribution in [0.1, 0.15) is 42.3 Å². The molecule has 1 N–H and O–H groups in total. The summed E-state index contributed by atoms with van der Waals surface area (Å²) in [5.41, 5.74) is 2.16. The summed E-state index contributed by atoms with van der Waals surface area (Å²) >= 11 is 1.75. The fourth-order valence-corrected chi connectivity index (χ4v) is 4.36. The van der Waals surface area contributed by atoms with Crippen LogP contribution in [-0.2, 0) is 11.2 Å². The van der Waals surface area contributed by atoms with E-state index in [4.69, 9.17) is 4.74 Å². The van der Waals surface area contributed by atoms with E-state index in [2.05, 4.69) is 22.4 Å². The number of nitrogens with one attached hydrogen (secondary N) is 1. The third-order valence-electron chi connectivity index (χ3n) is 4.68. The highest BCUT2D eigenvalue weighted by atomic mass is 32.1. The molecule has 1 amide bonds. The van der Waals surface area contributed by atoms with Gasteiger partial charge in [0, 0.05) is 18.4 Å². The number of hydrogen-bond acceptors (Lipinski definition) is 4. The number of unbranched alkanes of at least 4 members (excludes halogenated alkanes) is 1. The van der Waals surface area contributed by atoms with Gasteiger partial charge in [0.25, 0.3) is 0 Å². The Hall–Kier alpha value is -2.40. The van der Waals surface area contributed by atoms with Gasteiger partial charge in [0.2, 0.25) is 5.91 Å². The molecule has 0 aliphatic carbocycles. The number of amides is 1. The third kappa shape index (κ3) is 3.88. The second kappa shape index (κ2) is 7.87. The summed E-state index contributed by atoms with van der Waals surface area (Å²) in [5, 5.41) is 4.32. The summed E-state index contributed by atoms with van der Waals surface area (Å²) < 4.78 is 6.89. The van der Waals surface area contributed by atoms with Gasteiger partial charge in [-0.1, -0.05) is 30.3 Å². The van der Waals surface area contributed by atoms with Crippen molar-refractivity contribution in [3.63, 3.8) is 0 Å². The predicted molar refractivity (Wildman–Crippen MR) is 105 cm³/mol. The van der Waals surface area contributed by atoms with Crippen molar-refractivity contribution in [1.82, 2.24) is 10.3 Å². The topological polar surface area (TPSA) is 51.2 Å². The number of carbonyl (C=O) groups excluding carboxylic acids is 1. The van der Waals surface area contributed by atoms with Gasteiger partial charge < -0.3 is 10.1 Å².